The van der Waals surface area contributed by atoms with Gasteiger partial charge in [0.1, 0.15) is 45.5 Å². The van der Waals surface area contributed by atoms with Gasteiger partial charge in [0, 0.05) is 50.8 Å². The highest BCUT2D eigenvalue weighted by molar-refractivity contribution is 7.16. The number of nitrogens with two attached hydrogens (primary N) is 1. The Bertz CT molecular complexity index is 1880. The lowest BCUT2D eigenvalue weighted by atomic mass is 10.1. The van der Waals surface area contributed by atoms with Gasteiger partial charge in [0.2, 0.25) is 0 Å². The Morgan fingerprint density at radius 1 is 1.07 bits per heavy atom. The number of piperidine rings is 1. The molecule has 2 N–H and O–H groups in total. The van der Waals surface area contributed by atoms with E-state index in [-0.39, 0.29) is 18.3 Å². The number of fused-ring (bicyclic) bond motifs is 1. The van der Waals surface area contributed by atoms with Gasteiger partial charge in [-0.1, -0.05) is 18.2 Å². The first-order chi connectivity index (χ1) is 21.9. The van der Waals surface area contributed by atoms with Crippen LogP contribution < -0.4 is 15.2 Å². The van der Waals surface area contributed by atoms with E-state index in [9.17, 15) is 9.59 Å². The first kappa shape index (κ1) is 31.2. The summed E-state index contributed by atoms with van der Waals surface area (Å²) in [6.45, 7) is 8.68. The summed E-state index contributed by atoms with van der Waals surface area (Å²) in [7, 11) is 1.88. The van der Waals surface area contributed by atoms with Crippen molar-refractivity contribution in [3.8, 4) is 27.6 Å². The second-order valence-electron chi connectivity index (χ2n) is 12.5. The lowest BCUT2D eigenvalue weighted by Crippen LogP contribution is -2.44. The summed E-state index contributed by atoms with van der Waals surface area (Å²) in [5.74, 6) is 0.576. The first-order valence-corrected chi connectivity index (χ1v) is 16.1. The first-order valence-electron chi connectivity index (χ1n) is 15.2. The molecule has 2 aromatic carbocycles. The number of likely N-dealkylation sites (tertiary alicyclic amines) is 1. The van der Waals surface area contributed by atoms with Gasteiger partial charge < -0.3 is 24.8 Å². The second kappa shape index (κ2) is 12.5. The molecule has 0 saturated carbocycles. The lowest BCUT2D eigenvalue weighted by molar-refractivity contribution is 0.0126. The molecule has 1 aliphatic heterocycles. The van der Waals surface area contributed by atoms with Crippen LogP contribution in [0.25, 0.3) is 27.2 Å². The Balaban J connectivity index is 1.14. The van der Waals surface area contributed by atoms with Crippen LogP contribution in [0.5, 0.6) is 11.5 Å². The van der Waals surface area contributed by atoms with Crippen molar-refractivity contribution in [2.75, 3.05) is 13.1 Å². The summed E-state index contributed by atoms with van der Waals surface area (Å²) in [6.07, 6.45) is 6.24. The van der Waals surface area contributed by atoms with Crippen LogP contribution >= 0.6 is 11.3 Å². The summed E-state index contributed by atoms with van der Waals surface area (Å²) in [6, 6.07) is 15.6. The largest absolute Gasteiger partial charge is 0.490 e. The molecule has 0 spiro atoms. The molecule has 12 heteroatoms. The molecule has 0 radical (unpaired) electrons. The van der Waals surface area contributed by atoms with Gasteiger partial charge in [-0.05, 0) is 63.1 Å². The van der Waals surface area contributed by atoms with Crippen molar-refractivity contribution in [3.05, 3.63) is 77.7 Å². The van der Waals surface area contributed by atoms with Crippen LogP contribution in [0.15, 0.2) is 67.3 Å². The Morgan fingerprint density at radius 3 is 2.54 bits per heavy atom. The van der Waals surface area contributed by atoms with Gasteiger partial charge >= 0.3 is 6.09 Å². The molecule has 11 nitrogen and oxygen atoms in total. The van der Waals surface area contributed by atoms with Crippen molar-refractivity contribution in [3.63, 3.8) is 0 Å². The number of hydrogen-bond donors (Lipinski definition) is 1. The number of aryl methyl sites for hydroxylation is 1. The molecule has 6 rings (SSSR count). The lowest BCUT2D eigenvalue weighted by Gasteiger charge is -2.33. The van der Waals surface area contributed by atoms with E-state index >= 15 is 0 Å². The van der Waals surface area contributed by atoms with Gasteiger partial charge in [-0.25, -0.2) is 9.78 Å². The van der Waals surface area contributed by atoms with Crippen LogP contribution in [0, 0.1) is 0 Å². The zero-order chi connectivity index (χ0) is 32.6. The molecular weight excluding hydrogens is 604 g/mol. The summed E-state index contributed by atoms with van der Waals surface area (Å²) in [4.78, 5) is 31.6. The van der Waals surface area contributed by atoms with Crippen LogP contribution in [-0.2, 0) is 11.8 Å². The Hall–Kier alpha value is -4.84. The second-order valence-corrected chi connectivity index (χ2v) is 13.5. The van der Waals surface area contributed by atoms with Crippen LogP contribution in [0.1, 0.15) is 61.9 Å². The number of primary amides is 1. The number of amides is 2. The minimum Gasteiger partial charge on any atom is -0.490 e. The van der Waals surface area contributed by atoms with Crippen molar-refractivity contribution in [2.45, 2.75) is 58.3 Å². The standard InChI is InChI=1S/C34H38N6O5S/c1-21(22-7-6-8-26(15-22)44-25-11-13-39(14-12-25)33(42)45-34(2,3)4)43-29-17-30(46-31(29)32(35)41)40-20-36-27-16-23(9-10-28(27)40)24-18-37-38(5)19-24/h6-10,15-21,25H,11-14H2,1-5H3,(H2,35,41). The van der Waals surface area contributed by atoms with E-state index in [0.717, 1.165) is 38.5 Å². The number of hydrogen-bond acceptors (Lipinski definition) is 8. The number of rotatable bonds is 8. The van der Waals surface area contributed by atoms with E-state index in [1.165, 1.54) is 11.3 Å². The van der Waals surface area contributed by atoms with Gasteiger partial charge in [-0.2, -0.15) is 5.10 Å². The number of carbonyl (C=O) groups is 2. The molecule has 46 heavy (non-hydrogen) atoms. The third kappa shape index (κ3) is 6.86. The van der Waals surface area contributed by atoms with E-state index in [1.807, 2.05) is 100 Å². The number of carbonyl (C=O) groups excluding carboxylic acids is 2. The van der Waals surface area contributed by atoms with Crippen LogP contribution in [0.2, 0.25) is 0 Å². The average molecular weight is 643 g/mol. The SMILES string of the molecule is CC(Oc1cc(-n2cnc3cc(-c4cnn(C)c4)ccc32)sc1C(N)=O)c1cccc(OC2CCN(C(=O)OC(C)(C)C)CC2)c1. The maximum absolute atomic E-state index is 12.5. The summed E-state index contributed by atoms with van der Waals surface area (Å²) < 4.78 is 21.8. The van der Waals surface area contributed by atoms with Crippen LogP contribution in [0.3, 0.4) is 0 Å². The predicted molar refractivity (Wildman–Crippen MR) is 177 cm³/mol. The molecule has 5 aromatic rings. The molecule has 3 aromatic heterocycles. The quantitative estimate of drug-likeness (QED) is 0.205. The van der Waals surface area contributed by atoms with Crippen molar-refractivity contribution in [2.24, 2.45) is 12.8 Å². The molecule has 1 saturated heterocycles. The third-order valence-corrected chi connectivity index (χ3v) is 8.89. The fourth-order valence-corrected chi connectivity index (χ4v) is 6.38. The molecular formula is C34H38N6O5S. The van der Waals surface area contributed by atoms with Gasteiger partial charge in [0.25, 0.3) is 5.91 Å². The molecule has 2 amide bonds. The summed E-state index contributed by atoms with van der Waals surface area (Å²) >= 11 is 1.26. The highest BCUT2D eigenvalue weighted by Crippen LogP contribution is 2.37. The van der Waals surface area contributed by atoms with E-state index < -0.39 is 11.5 Å². The Kier molecular flexibility index (Phi) is 8.47. The molecule has 1 aliphatic rings. The normalized spacial score (nSPS) is 14.8. The van der Waals surface area contributed by atoms with Crippen LogP contribution in [-0.4, -0.2) is 61.0 Å². The fraction of sp³-hybridized carbons (Fsp3) is 0.353. The van der Waals surface area contributed by atoms with E-state index in [4.69, 9.17) is 19.9 Å². The topological polar surface area (TPSA) is 127 Å². The smallest absolute Gasteiger partial charge is 0.410 e. The molecule has 1 unspecified atom stereocenters. The maximum atomic E-state index is 12.5. The number of nitrogens with zero attached hydrogens (tertiary/aromatic N) is 5. The van der Waals surface area contributed by atoms with Crippen molar-refractivity contribution < 1.29 is 23.8 Å². The van der Waals surface area contributed by atoms with Gasteiger partial charge in [0.05, 0.1) is 17.2 Å². The van der Waals surface area contributed by atoms with E-state index in [1.54, 1.807) is 15.9 Å². The molecule has 0 aliphatic carbocycles. The number of thiophene rings is 1. The van der Waals surface area contributed by atoms with Gasteiger partial charge in [-0.3, -0.25) is 14.0 Å². The van der Waals surface area contributed by atoms with E-state index in [0.29, 0.717) is 36.6 Å². The highest BCUT2D eigenvalue weighted by atomic mass is 32.1. The molecule has 1 fully saturated rings. The molecule has 1 atom stereocenters. The number of aromatic nitrogens is 4. The van der Waals surface area contributed by atoms with Gasteiger partial charge in [0.15, 0.2) is 0 Å². The summed E-state index contributed by atoms with van der Waals surface area (Å²) in [5, 5.41) is 5.03. The zero-order valence-corrected chi connectivity index (χ0v) is 27.4. The van der Waals surface area contributed by atoms with Gasteiger partial charge in [-0.15, -0.1) is 11.3 Å². The molecule has 4 heterocycles. The minimum atomic E-state index is -0.559. The maximum Gasteiger partial charge on any atom is 0.410 e. The number of imidazole rings is 1. The fourth-order valence-electron chi connectivity index (χ4n) is 5.45. The summed E-state index contributed by atoms with van der Waals surface area (Å²) in [5.41, 5.74) is 9.90. The zero-order valence-electron chi connectivity index (χ0n) is 26.6. The third-order valence-electron chi connectivity index (χ3n) is 7.76. The Labute approximate surface area is 271 Å². The Morgan fingerprint density at radius 2 is 1.85 bits per heavy atom. The van der Waals surface area contributed by atoms with E-state index in [2.05, 4.69) is 10.1 Å². The molecule has 240 valence electrons. The minimum absolute atomic E-state index is 0.0171. The monoisotopic (exact) mass is 642 g/mol. The highest BCUT2D eigenvalue weighted by Gasteiger charge is 2.28. The predicted octanol–water partition coefficient (Wildman–Crippen LogP) is 6.50. The number of ether oxygens (including phenoxy) is 3. The average Bonchev–Trinajstić information content (AvgIpc) is 3.74. The van der Waals surface area contributed by atoms with Crippen molar-refractivity contribution >= 4 is 34.4 Å². The van der Waals surface area contributed by atoms with Crippen molar-refractivity contribution in [1.29, 1.82) is 0 Å². The van der Waals surface area contributed by atoms with Crippen molar-refractivity contribution in [1.82, 2.24) is 24.2 Å². The number of benzene rings is 2. The molecule has 0 bridgehead atoms. The van der Waals surface area contributed by atoms with Crippen LogP contribution in [0.4, 0.5) is 4.79 Å².